The molecule has 4 heteroatoms. The van der Waals surface area contributed by atoms with Gasteiger partial charge in [-0.3, -0.25) is 4.79 Å². The van der Waals surface area contributed by atoms with Crippen LogP contribution in [-0.2, 0) is 0 Å². The molecule has 0 saturated heterocycles. The molecule has 0 aliphatic heterocycles. The highest BCUT2D eigenvalue weighted by atomic mass is 127. The SMILES string of the molecule is O=C(NCC(O)c1ccccc1)c1ccc(I)cc1. The summed E-state index contributed by atoms with van der Waals surface area (Å²) in [4.78, 5) is 11.9. The Morgan fingerprint density at radius 1 is 1.11 bits per heavy atom. The van der Waals surface area contributed by atoms with Crippen LogP contribution in [0.5, 0.6) is 0 Å². The molecule has 1 atom stereocenters. The molecule has 0 aromatic heterocycles. The Hall–Kier alpha value is -1.40. The first kappa shape index (κ1) is 14.0. The maximum Gasteiger partial charge on any atom is 0.251 e. The first-order chi connectivity index (χ1) is 9.16. The van der Waals surface area contributed by atoms with Crippen molar-refractivity contribution in [2.75, 3.05) is 6.54 Å². The van der Waals surface area contributed by atoms with Crippen molar-refractivity contribution in [1.29, 1.82) is 0 Å². The minimum absolute atomic E-state index is 0.175. The molecule has 3 nitrogen and oxygen atoms in total. The van der Waals surface area contributed by atoms with Crippen LogP contribution in [0.2, 0.25) is 0 Å². The number of aliphatic hydroxyl groups is 1. The number of nitrogens with one attached hydrogen (secondary N) is 1. The van der Waals surface area contributed by atoms with Gasteiger partial charge in [0, 0.05) is 15.7 Å². The van der Waals surface area contributed by atoms with E-state index in [0.29, 0.717) is 5.56 Å². The lowest BCUT2D eigenvalue weighted by Crippen LogP contribution is -2.28. The molecule has 2 aromatic carbocycles. The van der Waals surface area contributed by atoms with Gasteiger partial charge in [-0.05, 0) is 52.4 Å². The molecule has 0 spiro atoms. The molecule has 98 valence electrons. The molecule has 0 radical (unpaired) electrons. The Kier molecular flexibility index (Phi) is 4.93. The first-order valence-electron chi connectivity index (χ1n) is 5.93. The number of amides is 1. The molecule has 1 amide bonds. The predicted molar refractivity (Wildman–Crippen MR) is 82.9 cm³/mol. The average Bonchev–Trinajstić information content (AvgIpc) is 2.46. The Labute approximate surface area is 125 Å². The fourth-order valence-corrected chi connectivity index (χ4v) is 2.05. The van der Waals surface area contributed by atoms with Gasteiger partial charge in [0.25, 0.3) is 5.91 Å². The fraction of sp³-hybridized carbons (Fsp3) is 0.133. The summed E-state index contributed by atoms with van der Waals surface area (Å²) in [6, 6.07) is 16.6. The second kappa shape index (κ2) is 6.68. The molecule has 0 bridgehead atoms. The number of benzene rings is 2. The van der Waals surface area contributed by atoms with Gasteiger partial charge in [-0.2, -0.15) is 0 Å². The summed E-state index contributed by atoms with van der Waals surface area (Å²) < 4.78 is 1.08. The minimum atomic E-state index is -0.686. The minimum Gasteiger partial charge on any atom is -0.387 e. The van der Waals surface area contributed by atoms with Crippen LogP contribution in [0.25, 0.3) is 0 Å². The van der Waals surface area contributed by atoms with Crippen LogP contribution in [-0.4, -0.2) is 17.6 Å². The van der Waals surface area contributed by atoms with Crippen molar-refractivity contribution in [3.63, 3.8) is 0 Å². The number of hydrogen-bond donors (Lipinski definition) is 2. The number of rotatable bonds is 4. The normalized spacial score (nSPS) is 11.9. The lowest BCUT2D eigenvalue weighted by Gasteiger charge is -2.12. The van der Waals surface area contributed by atoms with Crippen molar-refractivity contribution in [2.45, 2.75) is 6.10 Å². The third kappa shape index (κ3) is 4.04. The topological polar surface area (TPSA) is 49.3 Å². The number of halogens is 1. The number of carbonyl (C=O) groups is 1. The predicted octanol–water partition coefficient (Wildman–Crippen LogP) is 2.75. The zero-order valence-corrected chi connectivity index (χ0v) is 12.4. The highest BCUT2D eigenvalue weighted by Gasteiger charge is 2.10. The average molecular weight is 367 g/mol. The standard InChI is InChI=1S/C15H14INO2/c16-13-8-6-12(7-9-13)15(19)17-10-14(18)11-4-2-1-3-5-11/h1-9,14,18H,10H2,(H,17,19). The van der Waals surface area contributed by atoms with E-state index in [1.54, 1.807) is 12.1 Å². The lowest BCUT2D eigenvalue weighted by molar-refractivity contribution is 0.0916. The molecular formula is C15H14INO2. The third-order valence-corrected chi connectivity index (χ3v) is 3.47. The maximum atomic E-state index is 11.9. The van der Waals surface area contributed by atoms with E-state index < -0.39 is 6.10 Å². The molecule has 0 aliphatic carbocycles. The third-order valence-electron chi connectivity index (χ3n) is 2.75. The Morgan fingerprint density at radius 3 is 2.37 bits per heavy atom. The van der Waals surface area contributed by atoms with Crippen molar-refractivity contribution in [3.8, 4) is 0 Å². The van der Waals surface area contributed by atoms with Crippen LogP contribution < -0.4 is 5.32 Å². The molecule has 0 saturated carbocycles. The summed E-state index contributed by atoms with van der Waals surface area (Å²) in [5.74, 6) is -0.175. The van der Waals surface area contributed by atoms with Gasteiger partial charge < -0.3 is 10.4 Å². The highest BCUT2D eigenvalue weighted by molar-refractivity contribution is 14.1. The van der Waals surface area contributed by atoms with Gasteiger partial charge >= 0.3 is 0 Å². The molecule has 2 aromatic rings. The van der Waals surface area contributed by atoms with Crippen LogP contribution in [0.4, 0.5) is 0 Å². The van der Waals surface area contributed by atoms with Gasteiger partial charge in [0.15, 0.2) is 0 Å². The van der Waals surface area contributed by atoms with Crippen LogP contribution >= 0.6 is 22.6 Å². The summed E-state index contributed by atoms with van der Waals surface area (Å²) in [7, 11) is 0. The van der Waals surface area contributed by atoms with Gasteiger partial charge in [-0.25, -0.2) is 0 Å². The molecule has 2 N–H and O–H groups in total. The maximum absolute atomic E-state index is 11.9. The van der Waals surface area contributed by atoms with E-state index in [1.807, 2.05) is 42.5 Å². The summed E-state index contributed by atoms with van der Waals surface area (Å²) in [5.41, 5.74) is 1.39. The van der Waals surface area contributed by atoms with Crippen LogP contribution in [0.15, 0.2) is 54.6 Å². The smallest absolute Gasteiger partial charge is 0.251 e. The van der Waals surface area contributed by atoms with Crippen molar-refractivity contribution >= 4 is 28.5 Å². The van der Waals surface area contributed by atoms with Gasteiger partial charge in [0.1, 0.15) is 0 Å². The van der Waals surface area contributed by atoms with Crippen LogP contribution in [0.1, 0.15) is 22.0 Å². The van der Waals surface area contributed by atoms with Gasteiger partial charge in [0.2, 0.25) is 0 Å². The number of hydrogen-bond acceptors (Lipinski definition) is 2. The van der Waals surface area contributed by atoms with E-state index in [1.165, 1.54) is 0 Å². The van der Waals surface area contributed by atoms with Crippen molar-refractivity contribution in [2.24, 2.45) is 0 Å². The number of carbonyl (C=O) groups excluding carboxylic acids is 1. The first-order valence-corrected chi connectivity index (χ1v) is 7.01. The highest BCUT2D eigenvalue weighted by Crippen LogP contribution is 2.11. The zero-order chi connectivity index (χ0) is 13.7. The molecule has 1 unspecified atom stereocenters. The van der Waals surface area contributed by atoms with E-state index in [4.69, 9.17) is 0 Å². The van der Waals surface area contributed by atoms with Crippen LogP contribution in [0.3, 0.4) is 0 Å². The zero-order valence-electron chi connectivity index (χ0n) is 10.2. The van der Waals surface area contributed by atoms with E-state index >= 15 is 0 Å². The summed E-state index contributed by atoms with van der Waals surface area (Å²) in [5, 5.41) is 12.7. The Bertz CT molecular complexity index is 540. The summed E-state index contributed by atoms with van der Waals surface area (Å²) >= 11 is 2.19. The second-order valence-corrected chi connectivity index (χ2v) is 5.39. The van der Waals surface area contributed by atoms with E-state index in [2.05, 4.69) is 27.9 Å². The summed E-state index contributed by atoms with van der Waals surface area (Å²) in [6.45, 7) is 0.203. The van der Waals surface area contributed by atoms with Crippen molar-refractivity contribution < 1.29 is 9.90 Å². The molecule has 0 heterocycles. The van der Waals surface area contributed by atoms with E-state index in [9.17, 15) is 9.90 Å². The van der Waals surface area contributed by atoms with Gasteiger partial charge in [-0.15, -0.1) is 0 Å². The van der Waals surface area contributed by atoms with Crippen LogP contribution in [0, 0.1) is 3.57 Å². The molecular weight excluding hydrogens is 353 g/mol. The van der Waals surface area contributed by atoms with Crippen molar-refractivity contribution in [1.82, 2.24) is 5.32 Å². The Balaban J connectivity index is 1.92. The second-order valence-electron chi connectivity index (χ2n) is 4.14. The number of aliphatic hydroxyl groups excluding tert-OH is 1. The van der Waals surface area contributed by atoms with Gasteiger partial charge in [0.05, 0.1) is 6.10 Å². The van der Waals surface area contributed by atoms with Gasteiger partial charge in [-0.1, -0.05) is 30.3 Å². The largest absolute Gasteiger partial charge is 0.387 e. The quantitative estimate of drug-likeness (QED) is 0.817. The van der Waals surface area contributed by atoms with E-state index in [-0.39, 0.29) is 12.5 Å². The lowest BCUT2D eigenvalue weighted by atomic mass is 10.1. The fourth-order valence-electron chi connectivity index (χ4n) is 1.69. The monoisotopic (exact) mass is 367 g/mol. The Morgan fingerprint density at radius 2 is 1.74 bits per heavy atom. The molecule has 0 fully saturated rings. The summed E-state index contributed by atoms with van der Waals surface area (Å²) in [6.07, 6.45) is -0.686. The van der Waals surface area contributed by atoms with E-state index in [0.717, 1.165) is 9.13 Å². The molecule has 0 aliphatic rings. The molecule has 19 heavy (non-hydrogen) atoms. The van der Waals surface area contributed by atoms with Crippen molar-refractivity contribution in [3.05, 3.63) is 69.3 Å². The molecule has 2 rings (SSSR count).